The minimum Gasteiger partial charge on any atom is -0.661 e. The van der Waals surface area contributed by atoms with E-state index in [0.29, 0.717) is 0 Å². The van der Waals surface area contributed by atoms with Crippen LogP contribution in [0.2, 0.25) is 0 Å². The monoisotopic (exact) mass is 456 g/mol. The summed E-state index contributed by atoms with van der Waals surface area (Å²) in [7, 11) is 0. The molecule has 0 aliphatic heterocycles. The van der Waals surface area contributed by atoms with Gasteiger partial charge in [0.15, 0.2) is 0 Å². The number of nitrogens with zero attached hydrogens (tertiary/aromatic N) is 2. The van der Waals surface area contributed by atoms with Gasteiger partial charge in [0.2, 0.25) is 0 Å². The smallest absolute Gasteiger partial charge is 0.0691 e. The molecule has 31 heavy (non-hydrogen) atoms. The Hall–Kier alpha value is -2.62. The summed E-state index contributed by atoms with van der Waals surface area (Å²) in [5.74, 6) is 0. The first-order valence-corrected chi connectivity index (χ1v) is 10.4. The molecule has 0 heterocycles. The van der Waals surface area contributed by atoms with Gasteiger partial charge < -0.3 is 5.32 Å². The van der Waals surface area contributed by atoms with Gasteiger partial charge in [-0.3, -0.25) is 4.99 Å². The fourth-order valence-electron chi connectivity index (χ4n) is 3.22. The van der Waals surface area contributed by atoms with Crippen molar-refractivity contribution in [3.63, 3.8) is 0 Å². The SMILES string of the molecule is CC(/C=C(/C)[N-]c1c(C)cccc1C)=Nc1c(C)cccc1C.Cc1ccccc1.[Co]. The van der Waals surface area contributed by atoms with Crippen LogP contribution in [0, 0.1) is 34.6 Å². The third-order valence-electron chi connectivity index (χ3n) is 4.81. The molecule has 0 bridgehead atoms. The van der Waals surface area contributed by atoms with E-state index in [1.807, 2.05) is 38.1 Å². The molecule has 0 N–H and O–H groups in total. The van der Waals surface area contributed by atoms with Crippen molar-refractivity contribution in [2.24, 2.45) is 4.99 Å². The molecule has 0 unspecified atom stereocenters. The van der Waals surface area contributed by atoms with Gasteiger partial charge in [-0.2, -0.15) is 5.70 Å². The molecule has 1 radical (unpaired) electrons. The molecular weight excluding hydrogens is 423 g/mol. The first kappa shape index (κ1) is 26.4. The minimum atomic E-state index is 0. The molecule has 165 valence electrons. The van der Waals surface area contributed by atoms with Gasteiger partial charge in [0, 0.05) is 22.5 Å². The van der Waals surface area contributed by atoms with E-state index >= 15 is 0 Å². The molecule has 3 heteroatoms. The van der Waals surface area contributed by atoms with Gasteiger partial charge in [0.25, 0.3) is 0 Å². The fourth-order valence-corrected chi connectivity index (χ4v) is 3.22. The zero-order valence-corrected chi connectivity index (χ0v) is 20.7. The van der Waals surface area contributed by atoms with Crippen LogP contribution in [-0.4, -0.2) is 5.71 Å². The van der Waals surface area contributed by atoms with Crippen LogP contribution in [0.25, 0.3) is 5.32 Å². The van der Waals surface area contributed by atoms with Crippen molar-refractivity contribution < 1.29 is 16.8 Å². The zero-order valence-electron chi connectivity index (χ0n) is 19.7. The maximum atomic E-state index is 4.76. The van der Waals surface area contributed by atoms with Crippen molar-refractivity contribution in [3.8, 4) is 0 Å². The van der Waals surface area contributed by atoms with Crippen molar-refractivity contribution >= 4 is 17.1 Å². The van der Waals surface area contributed by atoms with Crippen molar-refractivity contribution in [1.82, 2.24) is 0 Å². The van der Waals surface area contributed by atoms with Crippen LogP contribution in [0.15, 0.2) is 83.5 Å². The Bertz CT molecular complexity index is 994. The molecule has 0 aliphatic rings. The number of allylic oxidation sites excluding steroid dienone is 2. The molecule has 0 saturated carbocycles. The van der Waals surface area contributed by atoms with E-state index in [4.69, 9.17) is 10.3 Å². The summed E-state index contributed by atoms with van der Waals surface area (Å²) in [6.45, 7) is 14.5. The standard InChI is InChI=1S/C21H25N2.C7H8.Co/c1-14-9-7-10-15(2)20(14)22-18(5)13-19(6)23-21-16(3)11-8-12-17(21)4;1-7-5-3-2-4-6-7;/h7-13H,1-6H3;2-6H,1H3;/q-1;;/b18-13-,23-19?;;. The second-order valence-corrected chi connectivity index (χ2v) is 7.79. The molecular formula is C28H33CoN2-. The molecule has 3 aromatic carbocycles. The van der Waals surface area contributed by atoms with E-state index < -0.39 is 0 Å². The number of aryl methyl sites for hydroxylation is 5. The number of para-hydroxylation sites is 2. The first-order chi connectivity index (χ1) is 14.3. The average Bonchev–Trinajstić information content (AvgIpc) is 2.69. The molecule has 2 nitrogen and oxygen atoms in total. The summed E-state index contributed by atoms with van der Waals surface area (Å²) in [5, 5.41) is 4.76. The normalized spacial score (nSPS) is 11.2. The molecule has 0 fully saturated rings. The fraction of sp³-hybridized carbons (Fsp3) is 0.250. The Morgan fingerprint density at radius 1 is 0.677 bits per heavy atom. The van der Waals surface area contributed by atoms with E-state index in [9.17, 15) is 0 Å². The number of hydrogen-bond donors (Lipinski definition) is 0. The van der Waals surface area contributed by atoms with E-state index in [-0.39, 0.29) is 16.8 Å². The molecule has 3 aromatic rings. The summed E-state index contributed by atoms with van der Waals surface area (Å²) < 4.78 is 0. The van der Waals surface area contributed by atoms with Gasteiger partial charge in [-0.15, -0.1) is 5.69 Å². The van der Waals surface area contributed by atoms with Crippen LogP contribution in [-0.2, 0) is 16.8 Å². The molecule has 0 saturated heterocycles. The summed E-state index contributed by atoms with van der Waals surface area (Å²) >= 11 is 0. The maximum Gasteiger partial charge on any atom is 0.0691 e. The van der Waals surface area contributed by atoms with Crippen LogP contribution < -0.4 is 0 Å². The topological polar surface area (TPSA) is 26.5 Å². The zero-order chi connectivity index (χ0) is 22.1. The minimum absolute atomic E-state index is 0. The van der Waals surface area contributed by atoms with Crippen LogP contribution >= 0.6 is 0 Å². The summed E-state index contributed by atoms with van der Waals surface area (Å²) in [6.07, 6.45) is 2.04. The summed E-state index contributed by atoms with van der Waals surface area (Å²) in [6, 6.07) is 22.8. The van der Waals surface area contributed by atoms with Crippen LogP contribution in [0.4, 0.5) is 11.4 Å². The predicted octanol–water partition coefficient (Wildman–Crippen LogP) is 8.61. The van der Waals surface area contributed by atoms with Crippen LogP contribution in [0.1, 0.15) is 41.7 Å². The average molecular weight is 457 g/mol. The van der Waals surface area contributed by atoms with Crippen molar-refractivity contribution in [2.75, 3.05) is 0 Å². The molecule has 0 aliphatic carbocycles. The van der Waals surface area contributed by atoms with Crippen LogP contribution in [0.3, 0.4) is 0 Å². The maximum absolute atomic E-state index is 4.76. The third kappa shape index (κ3) is 8.56. The van der Waals surface area contributed by atoms with E-state index in [0.717, 1.165) is 22.8 Å². The van der Waals surface area contributed by atoms with E-state index in [1.54, 1.807) is 0 Å². The summed E-state index contributed by atoms with van der Waals surface area (Å²) in [5.41, 5.74) is 10.2. The van der Waals surface area contributed by atoms with Crippen molar-refractivity contribution in [2.45, 2.75) is 48.5 Å². The summed E-state index contributed by atoms with van der Waals surface area (Å²) in [4.78, 5) is 4.76. The second-order valence-electron chi connectivity index (χ2n) is 7.79. The van der Waals surface area contributed by atoms with Gasteiger partial charge in [-0.25, -0.2) is 0 Å². The largest absolute Gasteiger partial charge is 0.661 e. The first-order valence-electron chi connectivity index (χ1n) is 10.4. The second kappa shape index (κ2) is 12.9. The molecule has 0 atom stereocenters. The number of benzene rings is 3. The Labute approximate surface area is 198 Å². The molecule has 3 rings (SSSR count). The Morgan fingerprint density at radius 3 is 1.61 bits per heavy atom. The Kier molecular flexibility index (Phi) is 11.0. The van der Waals surface area contributed by atoms with Gasteiger partial charge >= 0.3 is 0 Å². The van der Waals surface area contributed by atoms with Gasteiger partial charge in [-0.1, -0.05) is 96.4 Å². The van der Waals surface area contributed by atoms with Gasteiger partial charge in [0.05, 0.1) is 5.69 Å². The molecule has 0 spiro atoms. The third-order valence-corrected chi connectivity index (χ3v) is 4.81. The van der Waals surface area contributed by atoms with E-state index in [1.165, 1.54) is 27.8 Å². The number of aliphatic imine (C=N–C) groups is 1. The van der Waals surface area contributed by atoms with E-state index in [2.05, 4.69) is 83.1 Å². The molecule has 0 aromatic heterocycles. The Balaban J connectivity index is 0.000000510. The number of hydrogen-bond acceptors (Lipinski definition) is 1. The quantitative estimate of drug-likeness (QED) is 0.351. The van der Waals surface area contributed by atoms with Gasteiger partial charge in [-0.05, 0) is 52.7 Å². The Morgan fingerprint density at radius 2 is 1.16 bits per heavy atom. The van der Waals surface area contributed by atoms with Crippen molar-refractivity contribution in [1.29, 1.82) is 0 Å². The van der Waals surface area contributed by atoms with Crippen molar-refractivity contribution in [3.05, 3.63) is 112 Å². The molecule has 0 amide bonds. The number of rotatable bonds is 4. The van der Waals surface area contributed by atoms with Crippen LogP contribution in [0.5, 0.6) is 0 Å². The predicted molar refractivity (Wildman–Crippen MR) is 133 cm³/mol. The van der Waals surface area contributed by atoms with Gasteiger partial charge in [0.1, 0.15) is 0 Å².